The quantitative estimate of drug-likeness (QED) is 0.706. The molecule has 18 heavy (non-hydrogen) atoms. The fourth-order valence-electron chi connectivity index (χ4n) is 1.87. The van der Waals surface area contributed by atoms with E-state index in [4.69, 9.17) is 16.6 Å². The Hall–Kier alpha value is -2.49. The molecule has 92 valence electrons. The number of carboxylic acids is 1. The molecule has 4 heteroatoms. The van der Waals surface area contributed by atoms with Crippen molar-refractivity contribution in [2.45, 2.75) is 6.92 Å². The third kappa shape index (κ3) is 2.00. The minimum atomic E-state index is -0.969. The minimum absolute atomic E-state index is 0.228. The van der Waals surface area contributed by atoms with Crippen molar-refractivity contribution in [2.24, 2.45) is 0 Å². The smallest absolute Gasteiger partial charge is 0.336 e. The molecule has 0 bridgehead atoms. The van der Waals surface area contributed by atoms with Crippen molar-refractivity contribution in [1.82, 2.24) is 0 Å². The molecule has 0 radical (unpaired) electrons. The lowest BCUT2D eigenvalue weighted by Gasteiger charge is -2.11. The first-order valence-corrected chi connectivity index (χ1v) is 5.49. The van der Waals surface area contributed by atoms with Gasteiger partial charge in [0.1, 0.15) is 0 Å². The second kappa shape index (κ2) is 4.41. The SMILES string of the molecule is Cc1c(C(=O)O)ccc(-c2ccc(N)cc2)c1N. The standard InChI is InChI=1S/C14H14N2O2/c1-8-11(14(17)18)6-7-12(13(8)16)9-2-4-10(15)5-3-9/h2-7H,15-16H2,1H3,(H,17,18). The number of hydrogen-bond acceptors (Lipinski definition) is 3. The van der Waals surface area contributed by atoms with Gasteiger partial charge in [0.25, 0.3) is 0 Å². The van der Waals surface area contributed by atoms with Crippen molar-refractivity contribution in [3.63, 3.8) is 0 Å². The van der Waals surface area contributed by atoms with Gasteiger partial charge >= 0.3 is 5.97 Å². The third-order valence-corrected chi connectivity index (χ3v) is 2.97. The molecule has 2 aromatic carbocycles. The van der Waals surface area contributed by atoms with E-state index < -0.39 is 5.97 Å². The monoisotopic (exact) mass is 242 g/mol. The summed E-state index contributed by atoms with van der Waals surface area (Å²) in [6.45, 7) is 1.71. The van der Waals surface area contributed by atoms with Crippen LogP contribution in [0.1, 0.15) is 15.9 Å². The van der Waals surface area contributed by atoms with E-state index in [0.29, 0.717) is 16.9 Å². The number of nitrogen functional groups attached to an aromatic ring is 2. The van der Waals surface area contributed by atoms with E-state index in [1.165, 1.54) is 0 Å². The van der Waals surface area contributed by atoms with Crippen molar-refractivity contribution in [3.8, 4) is 11.1 Å². The Morgan fingerprint density at radius 3 is 2.22 bits per heavy atom. The second-order valence-corrected chi connectivity index (χ2v) is 4.13. The van der Waals surface area contributed by atoms with Gasteiger partial charge < -0.3 is 16.6 Å². The summed E-state index contributed by atoms with van der Waals surface area (Å²) < 4.78 is 0. The lowest BCUT2D eigenvalue weighted by Crippen LogP contribution is -2.04. The molecule has 0 fully saturated rings. The highest BCUT2D eigenvalue weighted by atomic mass is 16.4. The van der Waals surface area contributed by atoms with Crippen LogP contribution in [0, 0.1) is 6.92 Å². The number of hydrogen-bond donors (Lipinski definition) is 3. The second-order valence-electron chi connectivity index (χ2n) is 4.13. The van der Waals surface area contributed by atoms with Crippen LogP contribution in [0.15, 0.2) is 36.4 Å². The first kappa shape index (κ1) is 12.0. The van der Waals surface area contributed by atoms with Gasteiger partial charge in [-0.1, -0.05) is 18.2 Å². The maximum atomic E-state index is 11.0. The summed E-state index contributed by atoms with van der Waals surface area (Å²) in [5.41, 5.74) is 15.3. The van der Waals surface area contributed by atoms with Gasteiger partial charge in [-0.3, -0.25) is 0 Å². The molecule has 4 nitrogen and oxygen atoms in total. The van der Waals surface area contributed by atoms with Crippen LogP contribution in [0.5, 0.6) is 0 Å². The van der Waals surface area contributed by atoms with E-state index in [0.717, 1.165) is 11.1 Å². The third-order valence-electron chi connectivity index (χ3n) is 2.97. The van der Waals surface area contributed by atoms with Gasteiger partial charge in [-0.2, -0.15) is 0 Å². The van der Waals surface area contributed by atoms with Crippen LogP contribution < -0.4 is 11.5 Å². The number of carboxylic acid groups (broad SMARTS) is 1. The topological polar surface area (TPSA) is 89.3 Å². The molecule has 0 aliphatic carbocycles. The minimum Gasteiger partial charge on any atom is -0.478 e. The largest absolute Gasteiger partial charge is 0.478 e. The predicted octanol–water partition coefficient (Wildman–Crippen LogP) is 2.52. The summed E-state index contributed by atoms with van der Waals surface area (Å²) in [4.78, 5) is 11.0. The highest BCUT2D eigenvalue weighted by Crippen LogP contribution is 2.30. The Morgan fingerprint density at radius 2 is 1.67 bits per heavy atom. The summed E-state index contributed by atoms with van der Waals surface area (Å²) in [7, 11) is 0. The Balaban J connectivity index is 2.57. The lowest BCUT2D eigenvalue weighted by molar-refractivity contribution is 0.0696. The average Bonchev–Trinajstić information content (AvgIpc) is 2.33. The summed E-state index contributed by atoms with van der Waals surface area (Å²) >= 11 is 0. The van der Waals surface area contributed by atoms with E-state index in [9.17, 15) is 4.79 Å². The molecule has 0 aliphatic heterocycles. The first-order valence-electron chi connectivity index (χ1n) is 5.49. The Kier molecular flexibility index (Phi) is 2.93. The molecule has 0 aromatic heterocycles. The normalized spacial score (nSPS) is 10.3. The summed E-state index contributed by atoms with van der Waals surface area (Å²) in [5, 5.41) is 9.02. The zero-order valence-electron chi connectivity index (χ0n) is 9.97. The van der Waals surface area contributed by atoms with E-state index in [1.54, 1.807) is 31.2 Å². The highest BCUT2D eigenvalue weighted by molar-refractivity contribution is 5.94. The molecular weight excluding hydrogens is 228 g/mol. The van der Waals surface area contributed by atoms with Gasteiger partial charge in [0, 0.05) is 16.9 Å². The molecule has 0 unspecified atom stereocenters. The van der Waals surface area contributed by atoms with Crippen molar-refractivity contribution < 1.29 is 9.90 Å². The van der Waals surface area contributed by atoms with Crippen LogP contribution in [0.2, 0.25) is 0 Å². The Morgan fingerprint density at radius 1 is 1.06 bits per heavy atom. The van der Waals surface area contributed by atoms with Crippen molar-refractivity contribution in [3.05, 3.63) is 47.5 Å². The number of nitrogens with two attached hydrogens (primary N) is 2. The van der Waals surface area contributed by atoms with Crippen molar-refractivity contribution in [1.29, 1.82) is 0 Å². The molecule has 0 aliphatic rings. The average molecular weight is 242 g/mol. The maximum Gasteiger partial charge on any atom is 0.336 e. The number of rotatable bonds is 2. The van der Waals surface area contributed by atoms with Gasteiger partial charge in [0.15, 0.2) is 0 Å². The van der Waals surface area contributed by atoms with Crippen LogP contribution in [0.25, 0.3) is 11.1 Å². The molecule has 0 spiro atoms. The molecule has 2 aromatic rings. The number of carbonyl (C=O) groups is 1. The Bertz CT molecular complexity index is 604. The molecule has 5 N–H and O–H groups in total. The fourth-order valence-corrected chi connectivity index (χ4v) is 1.87. The lowest BCUT2D eigenvalue weighted by atomic mass is 9.97. The number of anilines is 2. The van der Waals surface area contributed by atoms with Crippen molar-refractivity contribution >= 4 is 17.3 Å². The van der Waals surface area contributed by atoms with E-state index >= 15 is 0 Å². The van der Waals surface area contributed by atoms with Crippen LogP contribution in [-0.4, -0.2) is 11.1 Å². The zero-order valence-corrected chi connectivity index (χ0v) is 9.97. The molecular formula is C14H14N2O2. The maximum absolute atomic E-state index is 11.0. The molecule has 0 atom stereocenters. The molecule has 0 saturated carbocycles. The molecule has 2 rings (SSSR count). The van der Waals surface area contributed by atoms with Crippen molar-refractivity contribution in [2.75, 3.05) is 11.5 Å². The van der Waals surface area contributed by atoms with Crippen LogP contribution in [0.4, 0.5) is 11.4 Å². The van der Waals surface area contributed by atoms with E-state index in [1.807, 2.05) is 12.1 Å². The van der Waals surface area contributed by atoms with E-state index in [2.05, 4.69) is 0 Å². The van der Waals surface area contributed by atoms with Crippen LogP contribution >= 0.6 is 0 Å². The van der Waals surface area contributed by atoms with Gasteiger partial charge in [-0.25, -0.2) is 4.79 Å². The molecule has 0 amide bonds. The van der Waals surface area contributed by atoms with Crippen LogP contribution in [-0.2, 0) is 0 Å². The van der Waals surface area contributed by atoms with Gasteiger partial charge in [0.05, 0.1) is 5.56 Å². The van der Waals surface area contributed by atoms with Gasteiger partial charge in [-0.15, -0.1) is 0 Å². The number of benzene rings is 2. The summed E-state index contributed by atoms with van der Waals surface area (Å²) in [6.07, 6.45) is 0. The fraction of sp³-hybridized carbons (Fsp3) is 0.0714. The van der Waals surface area contributed by atoms with Crippen LogP contribution in [0.3, 0.4) is 0 Å². The predicted molar refractivity (Wildman–Crippen MR) is 72.4 cm³/mol. The van der Waals surface area contributed by atoms with E-state index in [-0.39, 0.29) is 5.56 Å². The highest BCUT2D eigenvalue weighted by Gasteiger charge is 2.13. The molecule has 0 saturated heterocycles. The number of aromatic carboxylic acids is 1. The molecule has 0 heterocycles. The van der Waals surface area contributed by atoms with Gasteiger partial charge in [0.2, 0.25) is 0 Å². The zero-order chi connectivity index (χ0) is 13.3. The van der Waals surface area contributed by atoms with Gasteiger partial charge in [-0.05, 0) is 36.2 Å². The summed E-state index contributed by atoms with van der Waals surface area (Å²) in [6, 6.07) is 10.6. The summed E-state index contributed by atoms with van der Waals surface area (Å²) in [5.74, 6) is -0.969. The first-order chi connectivity index (χ1) is 8.50. The Labute approximate surface area is 105 Å².